The van der Waals surface area contributed by atoms with Gasteiger partial charge in [-0.15, -0.1) is 0 Å². The van der Waals surface area contributed by atoms with Crippen LogP contribution in [0, 0.1) is 0 Å². The fraction of sp³-hybridized carbons (Fsp3) is 0.400. The summed E-state index contributed by atoms with van der Waals surface area (Å²) >= 11 is 1.18. The quantitative estimate of drug-likeness (QED) is 0.550. The number of nitrogens with zero attached hydrogens (tertiary/aromatic N) is 2. The van der Waals surface area contributed by atoms with Crippen LogP contribution in [-0.2, 0) is 14.3 Å². The van der Waals surface area contributed by atoms with E-state index in [2.05, 4.69) is 15.3 Å². The lowest BCUT2D eigenvalue weighted by atomic mass is 10.6. The molecule has 0 aliphatic carbocycles. The van der Waals surface area contributed by atoms with Crippen molar-refractivity contribution in [1.29, 1.82) is 0 Å². The van der Waals surface area contributed by atoms with Gasteiger partial charge in [0.15, 0.2) is 0 Å². The van der Waals surface area contributed by atoms with E-state index in [0.717, 1.165) is 0 Å². The van der Waals surface area contributed by atoms with E-state index < -0.39 is 5.97 Å². The molecule has 0 aliphatic heterocycles. The maximum Gasteiger partial charge on any atom is 0.322 e. The predicted molar refractivity (Wildman–Crippen MR) is 65.5 cm³/mol. The number of ether oxygens (including phenoxy) is 1. The van der Waals surface area contributed by atoms with Gasteiger partial charge in [-0.2, -0.15) is 0 Å². The van der Waals surface area contributed by atoms with Gasteiger partial charge in [-0.25, -0.2) is 4.98 Å². The molecule has 0 bridgehead atoms. The third-order valence-corrected chi connectivity index (χ3v) is 2.55. The van der Waals surface area contributed by atoms with Crippen LogP contribution in [0.25, 0.3) is 0 Å². The molecule has 0 spiro atoms. The molecule has 0 aromatic carbocycles. The number of hydrogen-bond donors (Lipinski definition) is 2. The lowest BCUT2D eigenvalue weighted by Crippen LogP contribution is -2.13. The number of carbonyl (C=O) groups excluding carboxylic acids is 1. The smallest absolute Gasteiger partial charge is 0.322 e. The molecule has 1 rings (SSSR count). The standard InChI is InChI=1S/C10H13N3O4S/c1-2-17-10(16)6-18-8-4-11-3-7(13-8)12-5-9(14)15/h3-4H,2,5-6H2,1H3,(H,12,13)(H,14,15). The van der Waals surface area contributed by atoms with E-state index in [9.17, 15) is 9.59 Å². The van der Waals surface area contributed by atoms with Crippen molar-refractivity contribution in [3.05, 3.63) is 12.4 Å². The first kappa shape index (κ1) is 14.2. The fourth-order valence-corrected chi connectivity index (χ4v) is 1.65. The Balaban J connectivity index is 2.48. The Kier molecular flexibility index (Phi) is 5.92. The lowest BCUT2D eigenvalue weighted by Gasteiger charge is -2.04. The van der Waals surface area contributed by atoms with E-state index in [1.54, 1.807) is 6.92 Å². The maximum atomic E-state index is 11.1. The largest absolute Gasteiger partial charge is 0.480 e. The number of nitrogens with one attached hydrogen (secondary N) is 1. The van der Waals surface area contributed by atoms with Gasteiger partial charge in [-0.1, -0.05) is 11.8 Å². The van der Waals surface area contributed by atoms with Crippen LogP contribution in [0.5, 0.6) is 0 Å². The van der Waals surface area contributed by atoms with Gasteiger partial charge in [0.05, 0.1) is 24.8 Å². The van der Waals surface area contributed by atoms with Crippen LogP contribution in [0.15, 0.2) is 17.4 Å². The zero-order valence-corrected chi connectivity index (χ0v) is 10.6. The number of aromatic nitrogens is 2. The number of anilines is 1. The Morgan fingerprint density at radius 3 is 2.94 bits per heavy atom. The first-order valence-electron chi connectivity index (χ1n) is 5.18. The summed E-state index contributed by atoms with van der Waals surface area (Å²) < 4.78 is 4.77. The highest BCUT2D eigenvalue weighted by Gasteiger charge is 2.06. The number of carboxylic acid groups (broad SMARTS) is 1. The third-order valence-electron chi connectivity index (χ3n) is 1.68. The van der Waals surface area contributed by atoms with Crippen molar-refractivity contribution < 1.29 is 19.4 Å². The highest BCUT2D eigenvalue weighted by molar-refractivity contribution is 7.99. The summed E-state index contributed by atoms with van der Waals surface area (Å²) in [7, 11) is 0. The predicted octanol–water partition coefficient (Wildman–Crippen LogP) is 0.628. The minimum atomic E-state index is -0.985. The second-order valence-corrected chi connectivity index (χ2v) is 4.08. The highest BCUT2D eigenvalue weighted by atomic mass is 32.2. The van der Waals surface area contributed by atoms with E-state index in [-0.39, 0.29) is 18.3 Å². The SMILES string of the molecule is CCOC(=O)CSc1cncc(NCC(=O)O)n1. The average Bonchev–Trinajstić information content (AvgIpc) is 2.35. The van der Waals surface area contributed by atoms with E-state index >= 15 is 0 Å². The number of thioether (sulfide) groups is 1. The third kappa shape index (κ3) is 5.48. The van der Waals surface area contributed by atoms with E-state index in [4.69, 9.17) is 9.84 Å². The molecular weight excluding hydrogens is 258 g/mol. The maximum absolute atomic E-state index is 11.1. The number of aliphatic carboxylic acids is 1. The molecule has 1 aromatic rings. The monoisotopic (exact) mass is 271 g/mol. The highest BCUT2D eigenvalue weighted by Crippen LogP contribution is 2.15. The Labute approximate surface area is 108 Å². The van der Waals surface area contributed by atoms with Gasteiger partial charge in [0.25, 0.3) is 0 Å². The Bertz CT molecular complexity index is 427. The van der Waals surface area contributed by atoms with Crippen molar-refractivity contribution >= 4 is 29.5 Å². The summed E-state index contributed by atoms with van der Waals surface area (Å²) in [5.74, 6) is -0.814. The summed E-state index contributed by atoms with van der Waals surface area (Å²) in [5.41, 5.74) is 0. The van der Waals surface area contributed by atoms with E-state index in [0.29, 0.717) is 17.5 Å². The molecule has 0 aliphatic rings. The Morgan fingerprint density at radius 2 is 2.28 bits per heavy atom. The van der Waals surface area contributed by atoms with E-state index in [1.807, 2.05) is 0 Å². The normalized spacial score (nSPS) is 9.83. The molecule has 2 N–H and O–H groups in total. The van der Waals surface area contributed by atoms with Crippen LogP contribution >= 0.6 is 11.8 Å². The van der Waals surface area contributed by atoms with Crippen LogP contribution in [-0.4, -0.2) is 45.9 Å². The van der Waals surface area contributed by atoms with Crippen molar-refractivity contribution in [2.75, 3.05) is 24.2 Å². The number of esters is 1. The first-order valence-corrected chi connectivity index (χ1v) is 6.16. The number of hydrogen-bond acceptors (Lipinski definition) is 7. The average molecular weight is 271 g/mol. The molecule has 0 saturated carbocycles. The molecule has 18 heavy (non-hydrogen) atoms. The van der Waals surface area contributed by atoms with Crippen molar-refractivity contribution in [1.82, 2.24) is 9.97 Å². The van der Waals surface area contributed by atoms with Gasteiger partial charge in [-0.3, -0.25) is 14.6 Å². The molecule has 1 aromatic heterocycles. The molecule has 8 heteroatoms. The molecular formula is C10H13N3O4S. The first-order chi connectivity index (χ1) is 8.61. The lowest BCUT2D eigenvalue weighted by molar-refractivity contribution is -0.140. The second kappa shape index (κ2) is 7.49. The second-order valence-electron chi connectivity index (χ2n) is 3.08. The Morgan fingerprint density at radius 1 is 1.50 bits per heavy atom. The number of carboxylic acids is 1. The summed E-state index contributed by atoms with van der Waals surface area (Å²) in [4.78, 5) is 29.5. The topological polar surface area (TPSA) is 101 Å². The minimum absolute atomic E-state index is 0.144. The molecule has 1 heterocycles. The molecule has 0 unspecified atom stereocenters. The van der Waals surface area contributed by atoms with Gasteiger partial charge >= 0.3 is 11.9 Å². The van der Waals surface area contributed by atoms with Gasteiger partial charge in [0, 0.05) is 0 Å². The van der Waals surface area contributed by atoms with Crippen molar-refractivity contribution in [2.24, 2.45) is 0 Å². The summed E-state index contributed by atoms with van der Waals surface area (Å²) in [6.07, 6.45) is 2.91. The van der Waals surface area contributed by atoms with Crippen LogP contribution in [0.1, 0.15) is 6.92 Å². The van der Waals surface area contributed by atoms with Gasteiger partial charge in [0.2, 0.25) is 0 Å². The molecule has 0 amide bonds. The van der Waals surface area contributed by atoms with Crippen LogP contribution in [0.3, 0.4) is 0 Å². The van der Waals surface area contributed by atoms with Crippen molar-refractivity contribution in [3.8, 4) is 0 Å². The molecule has 98 valence electrons. The summed E-state index contributed by atoms with van der Waals surface area (Å²) in [6, 6.07) is 0. The van der Waals surface area contributed by atoms with E-state index in [1.165, 1.54) is 24.2 Å². The summed E-state index contributed by atoms with van der Waals surface area (Å²) in [5, 5.41) is 11.6. The van der Waals surface area contributed by atoms with Crippen LogP contribution in [0.4, 0.5) is 5.82 Å². The van der Waals surface area contributed by atoms with Crippen LogP contribution < -0.4 is 5.32 Å². The molecule has 0 atom stereocenters. The summed E-state index contributed by atoms with van der Waals surface area (Å²) in [6.45, 7) is 1.84. The zero-order chi connectivity index (χ0) is 13.4. The number of rotatable bonds is 7. The molecule has 0 saturated heterocycles. The Hall–Kier alpha value is -1.83. The minimum Gasteiger partial charge on any atom is -0.480 e. The van der Waals surface area contributed by atoms with Crippen LogP contribution in [0.2, 0.25) is 0 Å². The van der Waals surface area contributed by atoms with Gasteiger partial charge < -0.3 is 15.2 Å². The zero-order valence-electron chi connectivity index (χ0n) is 9.75. The van der Waals surface area contributed by atoms with Crippen molar-refractivity contribution in [2.45, 2.75) is 11.9 Å². The van der Waals surface area contributed by atoms with Gasteiger partial charge in [0.1, 0.15) is 17.4 Å². The van der Waals surface area contributed by atoms with Crippen molar-refractivity contribution in [3.63, 3.8) is 0 Å². The van der Waals surface area contributed by atoms with Gasteiger partial charge in [-0.05, 0) is 6.92 Å². The number of carbonyl (C=O) groups is 2. The molecule has 7 nitrogen and oxygen atoms in total. The molecule has 0 radical (unpaired) electrons. The molecule has 0 fully saturated rings. The fourth-order valence-electron chi connectivity index (χ4n) is 1.00.